The maximum absolute atomic E-state index is 17.0. The van der Waals surface area contributed by atoms with Crippen molar-refractivity contribution < 1.29 is 27.8 Å². The summed E-state index contributed by atoms with van der Waals surface area (Å²) in [4.78, 5) is 19.8. The minimum atomic E-state index is -3.18. The number of nitrogens with zero attached hydrogens (tertiary/aromatic N) is 6. The number of β-amino-alcohol motifs (C(OH)–C–C–N with tert-alkyl or cyclic N) is 1. The summed E-state index contributed by atoms with van der Waals surface area (Å²) in [5.41, 5.74) is 4.84. The summed E-state index contributed by atoms with van der Waals surface area (Å²) in [5.74, 6) is 4.67. The van der Waals surface area contributed by atoms with Crippen molar-refractivity contribution in [3.8, 4) is 35.0 Å². The number of anilines is 1. The van der Waals surface area contributed by atoms with Gasteiger partial charge in [-0.2, -0.15) is 15.0 Å². The van der Waals surface area contributed by atoms with E-state index in [1.165, 1.54) is 6.07 Å². The number of imidazole rings is 1. The van der Waals surface area contributed by atoms with Crippen molar-refractivity contribution in [1.29, 1.82) is 0 Å². The molecule has 1 N–H and O–H groups in total. The SMILES string of the molecule is CC(C)[Si-](C#Cc1c(F)ccc2cc(O[Si-](c3ccccc3)(c3ccccc3)C(C)(C)C)cc(Oc3nc4nc(OC[C@@]56CCCN5C[C@H](F)C6)nc(N5CCC[C@@](C)(O)C5)c4n3C3CCC3)c12)(C(C)C)C(C)C. The Labute approximate surface area is 439 Å². The van der Waals surface area contributed by atoms with E-state index < -0.39 is 39.5 Å². The molecule has 1 saturated carbocycles. The molecule has 4 aromatic carbocycles. The van der Waals surface area contributed by atoms with Gasteiger partial charge in [-0.25, -0.2) is 8.78 Å². The average Bonchev–Trinajstić information content (AvgIpc) is 4.00. The third-order valence-electron chi connectivity index (χ3n) is 17.3. The lowest BCUT2D eigenvalue weighted by molar-refractivity contribution is 0.0446. The molecule has 3 aliphatic heterocycles. The summed E-state index contributed by atoms with van der Waals surface area (Å²) >= 11 is 0. The number of aliphatic hydroxyl groups is 1. The molecule has 2 aromatic heterocycles. The van der Waals surface area contributed by atoms with Crippen molar-refractivity contribution in [3.05, 3.63) is 96.3 Å². The Bertz CT molecular complexity index is 3010. The zero-order valence-electron chi connectivity index (χ0n) is 45.3. The molecule has 1 aliphatic carbocycles. The van der Waals surface area contributed by atoms with Gasteiger partial charge in [-0.1, -0.05) is 137 Å². The second kappa shape index (κ2) is 20.0. The van der Waals surface area contributed by atoms with Gasteiger partial charge in [0.05, 0.1) is 22.5 Å². The highest BCUT2D eigenvalue weighted by Crippen LogP contribution is 2.47. The van der Waals surface area contributed by atoms with E-state index >= 15 is 4.39 Å². The highest BCUT2D eigenvalue weighted by Gasteiger charge is 2.50. The predicted molar refractivity (Wildman–Crippen MR) is 299 cm³/mol. The zero-order chi connectivity index (χ0) is 52.4. The molecule has 6 aromatic rings. The summed E-state index contributed by atoms with van der Waals surface area (Å²) in [6.45, 7) is 24.8. The van der Waals surface area contributed by atoms with Crippen LogP contribution in [0.4, 0.5) is 14.6 Å². The molecule has 0 radical (unpaired) electrons. The Morgan fingerprint density at radius 3 is 2.11 bits per heavy atom. The third-order valence-corrected chi connectivity index (χ3v) is 28.5. The van der Waals surface area contributed by atoms with Crippen molar-refractivity contribution in [2.45, 2.75) is 166 Å². The van der Waals surface area contributed by atoms with E-state index in [0.717, 1.165) is 60.8 Å². The largest absolute Gasteiger partial charge is 0.682 e. The van der Waals surface area contributed by atoms with Crippen LogP contribution >= 0.6 is 0 Å². The lowest BCUT2D eigenvalue weighted by Crippen LogP contribution is -2.68. The van der Waals surface area contributed by atoms with E-state index in [2.05, 4.69) is 137 Å². The van der Waals surface area contributed by atoms with Crippen molar-refractivity contribution >= 4 is 54.5 Å². The molecule has 0 unspecified atom stereocenters. The van der Waals surface area contributed by atoms with Gasteiger partial charge in [-0.3, -0.25) is 15.0 Å². The minimum Gasteiger partial charge on any atom is -0.682 e. The van der Waals surface area contributed by atoms with Gasteiger partial charge in [0.15, 0.2) is 11.5 Å². The topological polar surface area (TPSA) is 98.0 Å². The standard InChI is InChI=1S/C60H76F2N6O4Si2/c1-40(2)73(41(3)4,42(5)6)33-28-49-50(62)27-26-43-34-46(72-74(58(7,8)9,47-22-13-11-14-23-47)48-24-15-12-16-25-48)35-51(52(43)49)71-57-64-54-53(68(57)45-20-17-21-45)55(66-31-18-29-59(10,69)38-66)65-56(63-54)70-39-60-30-19-32-67(60)37-44(61)36-60/h11-16,22-27,34-35,40-42,44-45,69H,17-21,29-32,36-39H2,1-10H3/q-2/t44-,59-,60+/m1/s1. The number of halogens is 2. The molecule has 394 valence electrons. The quantitative estimate of drug-likeness (QED) is 0.0845. The van der Waals surface area contributed by atoms with Gasteiger partial charge >= 0.3 is 12.0 Å². The minimum absolute atomic E-state index is 0.00822. The fourth-order valence-electron chi connectivity index (χ4n) is 13.5. The monoisotopic (exact) mass is 1040 g/mol. The van der Waals surface area contributed by atoms with Gasteiger partial charge in [0.25, 0.3) is 0 Å². The molecule has 74 heavy (non-hydrogen) atoms. The Hall–Kier alpha value is -5.34. The molecule has 3 atom stereocenters. The van der Waals surface area contributed by atoms with Gasteiger partial charge in [0.2, 0.25) is 0 Å². The normalized spacial score (nSPS) is 21.9. The molecule has 14 heteroatoms. The van der Waals surface area contributed by atoms with Gasteiger partial charge in [-0.15, -0.1) is 38.0 Å². The summed E-state index contributed by atoms with van der Waals surface area (Å²) in [7, 11) is -5.51. The molecule has 5 heterocycles. The molecule has 4 aliphatic rings. The smallest absolute Gasteiger partial charge is 0.320 e. The Morgan fingerprint density at radius 1 is 0.838 bits per heavy atom. The number of hydrogen-bond donors (Lipinski definition) is 1. The number of hydrogen-bond acceptors (Lipinski definition) is 9. The van der Waals surface area contributed by atoms with Gasteiger partial charge in [0, 0.05) is 43.5 Å². The molecule has 3 saturated heterocycles. The summed E-state index contributed by atoms with van der Waals surface area (Å²) in [6, 6.07) is 28.8. The predicted octanol–water partition coefficient (Wildman–Crippen LogP) is 12.5. The van der Waals surface area contributed by atoms with Crippen LogP contribution in [0.5, 0.6) is 23.5 Å². The van der Waals surface area contributed by atoms with E-state index in [0.29, 0.717) is 89.0 Å². The van der Waals surface area contributed by atoms with Crippen molar-refractivity contribution in [1.82, 2.24) is 24.4 Å². The number of fused-ring (bicyclic) bond motifs is 3. The summed E-state index contributed by atoms with van der Waals surface area (Å²) < 4.78 is 55.8. The van der Waals surface area contributed by atoms with Crippen molar-refractivity contribution in [2.75, 3.05) is 37.7 Å². The first kappa shape index (κ1) is 52.1. The van der Waals surface area contributed by atoms with Crippen LogP contribution in [0, 0.1) is 17.3 Å². The van der Waals surface area contributed by atoms with Crippen LogP contribution in [0.3, 0.4) is 0 Å². The van der Waals surface area contributed by atoms with E-state index in [4.69, 9.17) is 28.9 Å². The molecule has 0 spiro atoms. The van der Waals surface area contributed by atoms with Crippen LogP contribution in [0.25, 0.3) is 21.9 Å². The Balaban J connectivity index is 1.19. The maximum atomic E-state index is 17.0. The zero-order valence-corrected chi connectivity index (χ0v) is 47.3. The number of alkyl halides is 1. The highest BCUT2D eigenvalue weighted by atomic mass is 28.4. The molecule has 0 amide bonds. The highest BCUT2D eigenvalue weighted by molar-refractivity contribution is 7.00. The van der Waals surface area contributed by atoms with Crippen LogP contribution in [0.1, 0.15) is 132 Å². The fraction of sp³-hybridized carbons (Fsp3) is 0.517. The average molecular weight is 1040 g/mol. The molecule has 10 nitrogen and oxygen atoms in total. The van der Waals surface area contributed by atoms with E-state index in [-0.39, 0.29) is 29.3 Å². The molecular weight excluding hydrogens is 963 g/mol. The second-order valence-electron chi connectivity index (χ2n) is 24.2. The van der Waals surface area contributed by atoms with Crippen LogP contribution in [-0.2, 0) is 0 Å². The Kier molecular flexibility index (Phi) is 14.1. The van der Waals surface area contributed by atoms with Gasteiger partial charge in [-0.05, 0) is 75.9 Å². The van der Waals surface area contributed by atoms with E-state index in [9.17, 15) is 9.50 Å². The second-order valence-corrected chi connectivity index (χ2v) is 34.0. The van der Waals surface area contributed by atoms with Crippen LogP contribution in [0.2, 0.25) is 21.7 Å². The molecular formula is C60H76F2N6O4Si2-2. The maximum Gasteiger partial charge on any atom is 0.320 e. The third kappa shape index (κ3) is 9.31. The molecule has 10 rings (SSSR count). The van der Waals surface area contributed by atoms with Crippen LogP contribution in [0.15, 0.2) is 84.9 Å². The van der Waals surface area contributed by atoms with Gasteiger partial charge in [0.1, 0.15) is 38.2 Å². The number of rotatable bonds is 14. The van der Waals surface area contributed by atoms with E-state index in [1.54, 1.807) is 0 Å². The van der Waals surface area contributed by atoms with Crippen LogP contribution in [-0.4, -0.2) is 96.0 Å². The Morgan fingerprint density at radius 2 is 1.50 bits per heavy atom. The van der Waals surface area contributed by atoms with Crippen LogP contribution < -0.4 is 29.2 Å². The first-order chi connectivity index (χ1) is 35.2. The van der Waals surface area contributed by atoms with Crippen molar-refractivity contribution in [2.24, 2.45) is 0 Å². The number of ether oxygens (including phenoxy) is 2. The lowest BCUT2D eigenvalue weighted by Gasteiger charge is -2.55. The number of aromatic nitrogens is 4. The molecule has 4 fully saturated rings. The first-order valence-electron chi connectivity index (χ1n) is 27.3. The number of piperidine rings is 1. The first-order valence-corrected chi connectivity index (χ1v) is 31.5. The fourth-order valence-corrected chi connectivity index (χ4v) is 23.1. The van der Waals surface area contributed by atoms with Crippen molar-refractivity contribution in [3.63, 3.8) is 0 Å². The van der Waals surface area contributed by atoms with E-state index in [1.807, 2.05) is 37.3 Å². The molecule has 0 bridgehead atoms. The lowest BCUT2D eigenvalue weighted by atomic mass is 9.92. The summed E-state index contributed by atoms with van der Waals surface area (Å²) in [6.07, 6.45) is 5.57. The van der Waals surface area contributed by atoms with Gasteiger partial charge < -0.3 is 23.9 Å². The number of benzene rings is 4. The summed E-state index contributed by atoms with van der Waals surface area (Å²) in [5, 5.41) is 14.7.